The Labute approximate surface area is 102 Å². The van der Waals surface area contributed by atoms with Gasteiger partial charge in [0.2, 0.25) is 0 Å². The maximum absolute atomic E-state index is 6.09. The molecule has 1 fully saturated rings. The molecule has 0 atom stereocenters. The molecule has 1 aliphatic rings. The monoisotopic (exact) mass is 238 g/mol. The van der Waals surface area contributed by atoms with Gasteiger partial charge < -0.3 is 10.6 Å². The molecule has 0 spiro atoms. The molecule has 0 unspecified atom stereocenters. The first kappa shape index (κ1) is 11.7. The van der Waals surface area contributed by atoms with Crippen molar-refractivity contribution in [1.82, 2.24) is 5.32 Å². The fourth-order valence-electron chi connectivity index (χ4n) is 1.96. The van der Waals surface area contributed by atoms with Gasteiger partial charge in [0, 0.05) is 29.2 Å². The van der Waals surface area contributed by atoms with Crippen LogP contribution in [0.5, 0.6) is 0 Å². The van der Waals surface area contributed by atoms with E-state index in [1.807, 2.05) is 20.0 Å². The van der Waals surface area contributed by atoms with Gasteiger partial charge in [0.15, 0.2) is 0 Å². The first-order valence-electron chi connectivity index (χ1n) is 5.80. The second kappa shape index (κ2) is 4.64. The third-order valence-corrected chi connectivity index (χ3v) is 3.76. The molecule has 1 aromatic carbocycles. The number of aryl methyl sites for hydroxylation is 1. The molecule has 2 nitrogen and oxygen atoms in total. The quantitative estimate of drug-likeness (QED) is 0.824. The summed E-state index contributed by atoms with van der Waals surface area (Å²) < 4.78 is 0. The lowest BCUT2D eigenvalue weighted by molar-refractivity contribution is 0.507. The fraction of sp³-hybridized carbons (Fsp3) is 0.538. The third-order valence-electron chi connectivity index (χ3n) is 3.35. The van der Waals surface area contributed by atoms with Crippen molar-refractivity contribution >= 4 is 17.3 Å². The Hall–Kier alpha value is -0.730. The average molecular weight is 239 g/mol. The van der Waals surface area contributed by atoms with Crippen LogP contribution in [0, 0.1) is 12.3 Å². The maximum atomic E-state index is 6.09. The Bertz CT molecular complexity index is 372. The summed E-state index contributed by atoms with van der Waals surface area (Å²) in [6.07, 6.45) is 2.64. The number of halogens is 1. The number of hydrogen-bond acceptors (Lipinski definition) is 2. The van der Waals surface area contributed by atoms with Crippen molar-refractivity contribution in [2.75, 3.05) is 25.5 Å². The SMILES string of the molecule is CNCC1(CNc2ccc(C)c(Cl)c2)CC1. The summed E-state index contributed by atoms with van der Waals surface area (Å²) in [5.74, 6) is 0. The van der Waals surface area contributed by atoms with Crippen molar-refractivity contribution in [2.24, 2.45) is 5.41 Å². The van der Waals surface area contributed by atoms with E-state index >= 15 is 0 Å². The molecule has 0 aliphatic heterocycles. The van der Waals surface area contributed by atoms with Crippen LogP contribution in [0.25, 0.3) is 0 Å². The molecule has 0 bridgehead atoms. The van der Waals surface area contributed by atoms with Crippen LogP contribution in [0.4, 0.5) is 5.69 Å². The summed E-state index contributed by atoms with van der Waals surface area (Å²) in [5.41, 5.74) is 2.73. The van der Waals surface area contributed by atoms with Crippen LogP contribution in [0.2, 0.25) is 5.02 Å². The summed E-state index contributed by atoms with van der Waals surface area (Å²) in [7, 11) is 2.02. The van der Waals surface area contributed by atoms with Crippen LogP contribution < -0.4 is 10.6 Å². The van der Waals surface area contributed by atoms with E-state index in [1.54, 1.807) is 0 Å². The first-order valence-corrected chi connectivity index (χ1v) is 6.18. The Balaban J connectivity index is 1.92. The lowest BCUT2D eigenvalue weighted by Gasteiger charge is -2.16. The highest BCUT2D eigenvalue weighted by Crippen LogP contribution is 2.44. The van der Waals surface area contributed by atoms with E-state index in [-0.39, 0.29) is 0 Å². The Kier molecular flexibility index (Phi) is 3.41. The highest BCUT2D eigenvalue weighted by Gasteiger charge is 2.41. The van der Waals surface area contributed by atoms with Crippen LogP contribution in [0.3, 0.4) is 0 Å². The van der Waals surface area contributed by atoms with Crippen molar-refractivity contribution in [3.63, 3.8) is 0 Å². The molecule has 0 amide bonds. The topological polar surface area (TPSA) is 24.1 Å². The summed E-state index contributed by atoms with van der Waals surface area (Å²) in [5, 5.41) is 7.57. The zero-order valence-corrected chi connectivity index (χ0v) is 10.7. The minimum absolute atomic E-state index is 0.478. The van der Waals surface area contributed by atoms with Gasteiger partial charge in [-0.15, -0.1) is 0 Å². The number of hydrogen-bond donors (Lipinski definition) is 2. The van der Waals surface area contributed by atoms with E-state index in [0.717, 1.165) is 29.4 Å². The van der Waals surface area contributed by atoms with E-state index in [9.17, 15) is 0 Å². The predicted molar refractivity (Wildman–Crippen MR) is 70.3 cm³/mol. The van der Waals surface area contributed by atoms with Crippen LogP contribution in [-0.4, -0.2) is 20.1 Å². The highest BCUT2D eigenvalue weighted by molar-refractivity contribution is 6.31. The maximum Gasteiger partial charge on any atom is 0.0455 e. The van der Waals surface area contributed by atoms with Gasteiger partial charge in [-0.1, -0.05) is 17.7 Å². The van der Waals surface area contributed by atoms with Crippen LogP contribution in [0.15, 0.2) is 18.2 Å². The normalized spacial score (nSPS) is 17.2. The molecule has 0 radical (unpaired) electrons. The Morgan fingerprint density at radius 3 is 2.62 bits per heavy atom. The average Bonchev–Trinajstić information content (AvgIpc) is 3.01. The Morgan fingerprint density at radius 2 is 2.06 bits per heavy atom. The molecule has 0 aromatic heterocycles. The van der Waals surface area contributed by atoms with Gasteiger partial charge in [-0.2, -0.15) is 0 Å². The fourth-order valence-corrected chi connectivity index (χ4v) is 2.14. The van der Waals surface area contributed by atoms with Crippen molar-refractivity contribution in [3.8, 4) is 0 Å². The molecule has 16 heavy (non-hydrogen) atoms. The summed E-state index contributed by atoms with van der Waals surface area (Å²) >= 11 is 6.09. The number of nitrogens with one attached hydrogen (secondary N) is 2. The van der Waals surface area contributed by atoms with Crippen molar-refractivity contribution in [1.29, 1.82) is 0 Å². The predicted octanol–water partition coefficient (Wildman–Crippen LogP) is 3.06. The second-order valence-electron chi connectivity index (χ2n) is 4.85. The van der Waals surface area contributed by atoms with Gasteiger partial charge in [-0.3, -0.25) is 0 Å². The lowest BCUT2D eigenvalue weighted by atomic mass is 10.1. The van der Waals surface area contributed by atoms with Gasteiger partial charge in [0.05, 0.1) is 0 Å². The molecular formula is C13H19ClN2. The highest BCUT2D eigenvalue weighted by atomic mass is 35.5. The van der Waals surface area contributed by atoms with Gasteiger partial charge in [0.25, 0.3) is 0 Å². The summed E-state index contributed by atoms with van der Waals surface area (Å²) in [6.45, 7) is 4.16. The van der Waals surface area contributed by atoms with E-state index in [1.165, 1.54) is 12.8 Å². The minimum Gasteiger partial charge on any atom is -0.384 e. The van der Waals surface area contributed by atoms with E-state index in [2.05, 4.69) is 22.8 Å². The largest absolute Gasteiger partial charge is 0.384 e. The molecule has 2 N–H and O–H groups in total. The molecule has 1 aromatic rings. The van der Waals surface area contributed by atoms with Crippen LogP contribution >= 0.6 is 11.6 Å². The smallest absolute Gasteiger partial charge is 0.0455 e. The lowest BCUT2D eigenvalue weighted by Crippen LogP contribution is -2.26. The molecule has 3 heteroatoms. The summed E-state index contributed by atoms with van der Waals surface area (Å²) in [6, 6.07) is 6.16. The van der Waals surface area contributed by atoms with Crippen molar-refractivity contribution in [3.05, 3.63) is 28.8 Å². The number of rotatable bonds is 5. The first-order chi connectivity index (χ1) is 7.65. The molecule has 2 rings (SSSR count). The van der Waals surface area contributed by atoms with Gasteiger partial charge in [-0.05, 0) is 44.5 Å². The standard InChI is InChI=1S/C13H19ClN2/c1-10-3-4-11(7-12(10)14)16-9-13(5-6-13)8-15-2/h3-4,7,15-16H,5-6,8-9H2,1-2H3. The van der Waals surface area contributed by atoms with Crippen LogP contribution in [-0.2, 0) is 0 Å². The number of benzene rings is 1. The third kappa shape index (κ3) is 2.69. The van der Waals surface area contributed by atoms with Gasteiger partial charge in [-0.25, -0.2) is 0 Å². The van der Waals surface area contributed by atoms with E-state index < -0.39 is 0 Å². The molecule has 0 saturated heterocycles. The van der Waals surface area contributed by atoms with Crippen molar-refractivity contribution < 1.29 is 0 Å². The second-order valence-corrected chi connectivity index (χ2v) is 5.26. The summed E-state index contributed by atoms with van der Waals surface area (Å²) in [4.78, 5) is 0. The molecule has 88 valence electrons. The number of anilines is 1. The molecule has 1 saturated carbocycles. The Morgan fingerprint density at radius 1 is 1.31 bits per heavy atom. The van der Waals surface area contributed by atoms with Gasteiger partial charge in [0.1, 0.15) is 0 Å². The molecular weight excluding hydrogens is 220 g/mol. The van der Waals surface area contributed by atoms with E-state index in [4.69, 9.17) is 11.6 Å². The zero-order chi connectivity index (χ0) is 11.6. The van der Waals surface area contributed by atoms with Gasteiger partial charge >= 0.3 is 0 Å². The molecule has 0 heterocycles. The van der Waals surface area contributed by atoms with Crippen LogP contribution in [0.1, 0.15) is 18.4 Å². The minimum atomic E-state index is 0.478. The van der Waals surface area contributed by atoms with E-state index in [0.29, 0.717) is 5.41 Å². The molecule has 1 aliphatic carbocycles. The zero-order valence-electron chi connectivity index (χ0n) is 9.94. The van der Waals surface area contributed by atoms with Crippen molar-refractivity contribution in [2.45, 2.75) is 19.8 Å².